The lowest BCUT2D eigenvalue weighted by Crippen LogP contribution is -2.71. The Labute approximate surface area is 157 Å². The lowest BCUT2D eigenvalue weighted by atomic mass is 9.73. The van der Waals surface area contributed by atoms with Crippen LogP contribution in [0.15, 0.2) is 29.2 Å². The van der Waals surface area contributed by atoms with Crippen LogP contribution in [0.1, 0.15) is 10.4 Å². The molecule has 1 heterocycles. The summed E-state index contributed by atoms with van der Waals surface area (Å²) >= 11 is 0. The van der Waals surface area contributed by atoms with Gasteiger partial charge in [0, 0.05) is 30.6 Å². The van der Waals surface area contributed by atoms with Gasteiger partial charge in [0.2, 0.25) is 0 Å². The second-order valence-corrected chi connectivity index (χ2v) is 9.49. The molecular weight excluding hydrogens is 411 g/mol. The molecule has 1 aliphatic heterocycles. The van der Waals surface area contributed by atoms with Gasteiger partial charge in [-0.15, -0.1) is 0 Å². The maximum atomic E-state index is 12.8. The number of hydrogen-bond donors (Lipinski definition) is 4. The van der Waals surface area contributed by atoms with Crippen LogP contribution in [0.5, 0.6) is 0 Å². The molecule has 7 nitrogen and oxygen atoms in total. The van der Waals surface area contributed by atoms with Crippen LogP contribution in [0.2, 0.25) is 0 Å². The molecule has 1 fully saturated rings. The van der Waals surface area contributed by atoms with Crippen LogP contribution < -0.4 is 16.1 Å². The third-order valence-corrected chi connectivity index (χ3v) is 5.57. The van der Waals surface area contributed by atoms with Crippen molar-refractivity contribution < 1.29 is 34.2 Å². The zero-order chi connectivity index (χ0) is 21.4. The molecule has 160 valence electrons. The normalized spacial score (nSPS) is 19.8. The molecule has 1 atom stereocenters. The van der Waals surface area contributed by atoms with Crippen molar-refractivity contribution in [1.82, 2.24) is 21.0 Å². The van der Waals surface area contributed by atoms with Gasteiger partial charge in [-0.3, -0.25) is 14.8 Å². The van der Waals surface area contributed by atoms with E-state index in [0.29, 0.717) is 31.8 Å². The minimum Gasteiger partial charge on any atom is -0.339 e. The Morgan fingerprint density at radius 2 is 1.71 bits per heavy atom. The maximum Gasteiger partial charge on any atom is 0.310 e. The quantitative estimate of drug-likeness (QED) is 0.301. The number of hydrogen-bond acceptors (Lipinski definition) is 5. The lowest BCUT2D eigenvalue weighted by Gasteiger charge is -2.48. The van der Waals surface area contributed by atoms with Gasteiger partial charge in [-0.25, -0.2) is 5.48 Å². The van der Waals surface area contributed by atoms with Gasteiger partial charge < -0.3 is 15.5 Å². The highest BCUT2D eigenvalue weighted by molar-refractivity contribution is 8.45. The van der Waals surface area contributed by atoms with Gasteiger partial charge in [-0.2, -0.15) is 0 Å². The fourth-order valence-electron chi connectivity index (χ4n) is 3.12. The number of benzene rings is 1. The molecule has 28 heavy (non-hydrogen) atoms. The van der Waals surface area contributed by atoms with Crippen molar-refractivity contribution in [3.8, 4) is 0 Å². The molecule has 0 spiro atoms. The highest BCUT2D eigenvalue weighted by Crippen LogP contribution is 3.02. The van der Waals surface area contributed by atoms with Gasteiger partial charge >= 0.3 is 10.2 Å². The van der Waals surface area contributed by atoms with Gasteiger partial charge in [-0.1, -0.05) is 19.4 Å². The number of rotatable bonds is 7. The smallest absolute Gasteiger partial charge is 0.310 e. The maximum absolute atomic E-state index is 12.8. The van der Waals surface area contributed by atoms with E-state index in [4.69, 9.17) is 5.21 Å². The Bertz CT molecular complexity index is 767. The number of carbonyl (C=O) groups excluding carboxylic acids is 2. The van der Waals surface area contributed by atoms with Crippen LogP contribution in [0.25, 0.3) is 0 Å². The summed E-state index contributed by atoms with van der Waals surface area (Å²) in [6.07, 6.45) is 0. The predicted octanol–water partition coefficient (Wildman–Crippen LogP) is 2.10. The first-order valence-electron chi connectivity index (χ1n) is 8.02. The lowest BCUT2D eigenvalue weighted by molar-refractivity contribution is -0.136. The predicted molar refractivity (Wildman–Crippen MR) is 92.9 cm³/mol. The van der Waals surface area contributed by atoms with E-state index in [0.717, 1.165) is 0 Å². The Kier molecular flexibility index (Phi) is 5.22. The van der Waals surface area contributed by atoms with E-state index in [1.165, 1.54) is 5.48 Å². The zero-order valence-electron chi connectivity index (χ0n) is 15.0. The summed E-state index contributed by atoms with van der Waals surface area (Å²) < 4.78 is 63.9. The summed E-state index contributed by atoms with van der Waals surface area (Å²) in [6.45, 7) is 1.04. The van der Waals surface area contributed by atoms with Gasteiger partial charge in [-0.05, 0) is 38.4 Å². The minimum atomic E-state index is -9.84. The van der Waals surface area contributed by atoms with Gasteiger partial charge in [0.05, 0.1) is 0 Å². The van der Waals surface area contributed by atoms with Crippen molar-refractivity contribution in [2.24, 2.45) is 5.41 Å². The number of nitrogens with zero attached hydrogens (tertiary/aromatic N) is 1. The third-order valence-electron chi connectivity index (χ3n) is 4.41. The van der Waals surface area contributed by atoms with Gasteiger partial charge in [0.1, 0.15) is 10.9 Å². The fraction of sp³-hybridized carbons (Fsp3) is 0.467. The third kappa shape index (κ3) is 4.90. The molecule has 4 N–H and O–H groups in total. The van der Waals surface area contributed by atoms with Crippen molar-refractivity contribution in [1.29, 1.82) is 0 Å². The Morgan fingerprint density at radius 1 is 1.18 bits per heavy atom. The number of amides is 2. The molecule has 13 heteroatoms. The first-order chi connectivity index (χ1) is 12.6. The number of nitrogens with one attached hydrogen (secondary N) is 3. The number of carbonyl (C=O) groups is 2. The van der Waals surface area contributed by atoms with Crippen molar-refractivity contribution in [2.75, 3.05) is 33.7 Å². The second kappa shape index (κ2) is 6.54. The summed E-state index contributed by atoms with van der Waals surface area (Å²) in [5.41, 5.74) is 0.357. The highest BCUT2D eigenvalue weighted by atomic mass is 32.5. The topological polar surface area (TPSA) is 93.7 Å². The monoisotopic (exact) mass is 432 g/mol. The molecule has 2 rings (SSSR count). The van der Waals surface area contributed by atoms with Gasteiger partial charge in [0.25, 0.3) is 11.8 Å². The van der Waals surface area contributed by atoms with Gasteiger partial charge in [0.15, 0.2) is 0 Å². The molecule has 0 aromatic heterocycles. The van der Waals surface area contributed by atoms with E-state index >= 15 is 0 Å². The SMILES string of the molecule is CN(C)CC1(C(NC(=O)c2ccc(S(F)(F)(F)(F)F)cc2)C(=O)NO)CNC1. The molecule has 0 saturated carbocycles. The molecule has 0 bridgehead atoms. The Hall–Kier alpha value is -1.96. The molecule has 1 aromatic rings. The fourth-order valence-corrected chi connectivity index (χ4v) is 3.77. The molecule has 0 aliphatic carbocycles. The summed E-state index contributed by atoms with van der Waals surface area (Å²) in [4.78, 5) is 24.2. The van der Waals surface area contributed by atoms with E-state index in [9.17, 15) is 29.0 Å². The first-order valence-corrected chi connectivity index (χ1v) is 9.97. The Balaban J connectivity index is 2.26. The van der Waals surface area contributed by atoms with Crippen LogP contribution in [0, 0.1) is 5.41 Å². The van der Waals surface area contributed by atoms with E-state index in [1.54, 1.807) is 19.0 Å². The van der Waals surface area contributed by atoms with E-state index < -0.39 is 38.4 Å². The molecular formula is C15H21F5N4O3S. The standard InChI is InChI=1S/C15H21F5N4O3S/c1-24(2)9-15(7-21-8-15)12(14(26)23-27)22-13(25)10-3-5-11(6-4-10)28(16,17,18,19)20/h3-6,12,21,27H,7-9H2,1-2H3,(H,22,25)(H,23,26). The average Bonchev–Trinajstić information content (AvgIpc) is 2.53. The van der Waals surface area contributed by atoms with E-state index in [2.05, 4.69) is 10.6 Å². The van der Waals surface area contributed by atoms with Crippen LogP contribution in [-0.2, 0) is 4.79 Å². The van der Waals surface area contributed by atoms with E-state index in [-0.39, 0.29) is 17.7 Å². The van der Waals surface area contributed by atoms with E-state index in [1.807, 2.05) is 0 Å². The average molecular weight is 432 g/mol. The van der Waals surface area contributed by atoms with Crippen LogP contribution in [0.4, 0.5) is 19.4 Å². The van der Waals surface area contributed by atoms with Crippen molar-refractivity contribution in [2.45, 2.75) is 10.9 Å². The largest absolute Gasteiger partial charge is 0.339 e. The summed E-state index contributed by atoms with van der Waals surface area (Å²) in [7, 11) is -6.35. The minimum absolute atomic E-state index is 0.123. The molecule has 1 aromatic carbocycles. The first kappa shape index (κ1) is 22.3. The van der Waals surface area contributed by atoms with Crippen LogP contribution in [-0.4, -0.2) is 61.7 Å². The summed E-state index contributed by atoms with van der Waals surface area (Å²) in [6, 6.07) is 0.252. The molecule has 1 unspecified atom stereocenters. The summed E-state index contributed by atoms with van der Waals surface area (Å²) in [5.74, 6) is -1.84. The number of hydroxylamine groups is 1. The zero-order valence-corrected chi connectivity index (χ0v) is 15.8. The van der Waals surface area contributed by atoms with Crippen LogP contribution >= 0.6 is 10.2 Å². The molecule has 0 radical (unpaired) electrons. The van der Waals surface area contributed by atoms with Crippen molar-refractivity contribution >= 4 is 22.0 Å². The number of halogens is 5. The van der Waals surface area contributed by atoms with Crippen molar-refractivity contribution in [3.63, 3.8) is 0 Å². The van der Waals surface area contributed by atoms with Crippen molar-refractivity contribution in [3.05, 3.63) is 29.8 Å². The Morgan fingerprint density at radius 3 is 2.07 bits per heavy atom. The molecule has 1 aliphatic rings. The molecule has 2 amide bonds. The second-order valence-electron chi connectivity index (χ2n) is 7.08. The van der Waals surface area contributed by atoms with Crippen LogP contribution in [0.3, 0.4) is 0 Å². The highest BCUT2D eigenvalue weighted by Gasteiger charge is 2.65. The molecule has 1 saturated heterocycles. The summed E-state index contributed by atoms with van der Waals surface area (Å²) in [5, 5.41) is 14.3.